The normalized spacial score (nSPS) is 15.0. The van der Waals surface area contributed by atoms with Crippen LogP contribution in [0.5, 0.6) is 0 Å². The highest BCUT2D eigenvalue weighted by Gasteiger charge is 2.20. The highest BCUT2D eigenvalue weighted by Crippen LogP contribution is 2.20. The van der Waals surface area contributed by atoms with Crippen LogP contribution in [0, 0.1) is 6.92 Å². The first-order valence-electron chi connectivity index (χ1n) is 6.23. The summed E-state index contributed by atoms with van der Waals surface area (Å²) < 4.78 is 6.47. The van der Waals surface area contributed by atoms with Crippen LogP contribution in [0.25, 0.3) is 0 Å². The minimum Gasteiger partial charge on any atom is -0.312 e. The lowest BCUT2D eigenvalue weighted by Crippen LogP contribution is -2.22. The fourth-order valence-electron chi connectivity index (χ4n) is 1.62. The molecule has 1 fully saturated rings. The molecular formula is C10H15N7OS. The maximum absolute atomic E-state index is 4.66. The molecule has 0 aromatic carbocycles. The van der Waals surface area contributed by atoms with Gasteiger partial charge < -0.3 is 5.32 Å². The first kappa shape index (κ1) is 12.5. The lowest BCUT2D eigenvalue weighted by molar-refractivity contribution is 0.302. The molecule has 0 bridgehead atoms. The summed E-state index contributed by atoms with van der Waals surface area (Å²) in [5.74, 6) is 0.658. The minimum absolute atomic E-state index is 0.658. The summed E-state index contributed by atoms with van der Waals surface area (Å²) in [5.41, 5.74) is 1.64. The van der Waals surface area contributed by atoms with Gasteiger partial charge in [0, 0.05) is 18.3 Å². The van der Waals surface area contributed by atoms with Crippen molar-refractivity contribution >= 4 is 11.8 Å². The summed E-state index contributed by atoms with van der Waals surface area (Å²) >= 11 is 1.54. The van der Waals surface area contributed by atoms with Crippen LogP contribution in [-0.2, 0) is 12.3 Å². The van der Waals surface area contributed by atoms with Gasteiger partial charge in [-0.3, -0.25) is 0 Å². The summed E-state index contributed by atoms with van der Waals surface area (Å²) in [5, 5.41) is 23.5. The van der Waals surface area contributed by atoms with E-state index in [0.717, 1.165) is 29.6 Å². The minimum atomic E-state index is 0.658. The van der Waals surface area contributed by atoms with Crippen molar-refractivity contribution in [3.63, 3.8) is 0 Å². The maximum Gasteiger partial charge on any atom is 0.209 e. The van der Waals surface area contributed by atoms with Crippen molar-refractivity contribution in [3.05, 3.63) is 11.4 Å². The molecule has 19 heavy (non-hydrogen) atoms. The third kappa shape index (κ3) is 3.29. The Morgan fingerprint density at radius 3 is 3.05 bits per heavy atom. The molecule has 8 nitrogen and oxygen atoms in total. The molecule has 3 rings (SSSR count). The van der Waals surface area contributed by atoms with E-state index in [9.17, 15) is 0 Å². The van der Waals surface area contributed by atoms with Gasteiger partial charge in [0.1, 0.15) is 11.4 Å². The number of nitrogens with zero attached hydrogens (tertiary/aromatic N) is 6. The largest absolute Gasteiger partial charge is 0.312 e. The first-order valence-corrected chi connectivity index (χ1v) is 7.22. The number of rotatable bonds is 7. The fourth-order valence-corrected chi connectivity index (χ4v) is 2.51. The van der Waals surface area contributed by atoms with Gasteiger partial charge in [-0.05, 0) is 30.2 Å². The van der Waals surface area contributed by atoms with Crippen molar-refractivity contribution in [2.24, 2.45) is 0 Å². The van der Waals surface area contributed by atoms with Crippen LogP contribution in [0.1, 0.15) is 24.2 Å². The Morgan fingerprint density at radius 2 is 2.32 bits per heavy atom. The molecule has 0 unspecified atom stereocenters. The average Bonchev–Trinajstić information content (AvgIpc) is 2.97. The second-order valence-corrected chi connectivity index (χ2v) is 5.44. The van der Waals surface area contributed by atoms with Crippen LogP contribution in [0.15, 0.2) is 9.79 Å². The standard InChI is InChI=1S/C10H15N7OS/c1-7-9(14-18-13-7)6-19-10-12-15-16-17(10)5-4-11-8-2-3-8/h8,11H,2-6H2,1H3. The molecule has 0 spiro atoms. The van der Waals surface area contributed by atoms with Crippen LogP contribution in [0.2, 0.25) is 0 Å². The van der Waals surface area contributed by atoms with Crippen LogP contribution in [0.4, 0.5) is 0 Å². The van der Waals surface area contributed by atoms with Gasteiger partial charge in [0.2, 0.25) is 5.16 Å². The van der Waals surface area contributed by atoms with Gasteiger partial charge >= 0.3 is 0 Å². The molecule has 2 heterocycles. The Hall–Kier alpha value is -1.48. The lowest BCUT2D eigenvalue weighted by Gasteiger charge is -2.04. The number of nitrogens with one attached hydrogen (secondary N) is 1. The molecule has 0 aliphatic heterocycles. The smallest absolute Gasteiger partial charge is 0.209 e. The first-order chi connectivity index (χ1) is 9.33. The zero-order valence-corrected chi connectivity index (χ0v) is 11.4. The molecule has 9 heteroatoms. The number of hydrogen-bond acceptors (Lipinski definition) is 8. The quantitative estimate of drug-likeness (QED) is 0.729. The maximum atomic E-state index is 4.66. The van der Waals surface area contributed by atoms with E-state index < -0.39 is 0 Å². The molecule has 2 aromatic rings. The Labute approximate surface area is 114 Å². The molecule has 1 saturated carbocycles. The number of thioether (sulfide) groups is 1. The van der Waals surface area contributed by atoms with E-state index in [1.54, 1.807) is 0 Å². The van der Waals surface area contributed by atoms with E-state index in [1.807, 2.05) is 11.6 Å². The molecule has 0 saturated heterocycles. The molecule has 0 amide bonds. The summed E-state index contributed by atoms with van der Waals surface area (Å²) in [6, 6.07) is 0.705. The molecule has 1 N–H and O–H groups in total. The molecule has 0 atom stereocenters. The van der Waals surface area contributed by atoms with Gasteiger partial charge in [-0.25, -0.2) is 9.31 Å². The van der Waals surface area contributed by atoms with E-state index in [4.69, 9.17) is 0 Å². The van der Waals surface area contributed by atoms with Gasteiger partial charge in [0.25, 0.3) is 0 Å². The zero-order chi connectivity index (χ0) is 13.1. The number of hydrogen-bond donors (Lipinski definition) is 1. The second kappa shape index (κ2) is 5.66. The van der Waals surface area contributed by atoms with E-state index in [1.165, 1.54) is 24.6 Å². The Morgan fingerprint density at radius 1 is 1.42 bits per heavy atom. The third-order valence-electron chi connectivity index (χ3n) is 2.92. The van der Waals surface area contributed by atoms with E-state index in [2.05, 4.69) is 35.8 Å². The Kier molecular flexibility index (Phi) is 3.74. The van der Waals surface area contributed by atoms with Gasteiger partial charge in [-0.1, -0.05) is 22.1 Å². The number of aromatic nitrogens is 6. The average molecular weight is 281 g/mol. The predicted octanol–water partition coefficient (Wildman–Crippen LogP) is 0.409. The molecule has 102 valence electrons. The van der Waals surface area contributed by atoms with E-state index >= 15 is 0 Å². The van der Waals surface area contributed by atoms with Gasteiger partial charge in [-0.2, -0.15) is 0 Å². The van der Waals surface area contributed by atoms with Gasteiger partial charge in [-0.15, -0.1) is 5.10 Å². The summed E-state index contributed by atoms with van der Waals surface area (Å²) in [4.78, 5) is 0. The molecule has 0 radical (unpaired) electrons. The van der Waals surface area contributed by atoms with Crippen molar-refractivity contribution in [2.45, 2.75) is 43.3 Å². The fraction of sp³-hybridized carbons (Fsp3) is 0.700. The molecule has 1 aliphatic rings. The SMILES string of the molecule is Cc1nonc1CSc1nnnn1CCNC1CC1. The third-order valence-corrected chi connectivity index (χ3v) is 3.89. The summed E-state index contributed by atoms with van der Waals surface area (Å²) in [6.45, 7) is 3.55. The van der Waals surface area contributed by atoms with E-state index in [0.29, 0.717) is 11.8 Å². The Balaban J connectivity index is 1.52. The van der Waals surface area contributed by atoms with Gasteiger partial charge in [0.15, 0.2) is 0 Å². The van der Waals surface area contributed by atoms with Crippen LogP contribution in [-0.4, -0.2) is 43.1 Å². The van der Waals surface area contributed by atoms with Crippen molar-refractivity contribution in [3.8, 4) is 0 Å². The van der Waals surface area contributed by atoms with Crippen molar-refractivity contribution in [1.82, 2.24) is 35.8 Å². The van der Waals surface area contributed by atoms with Crippen LogP contribution < -0.4 is 5.32 Å². The highest BCUT2D eigenvalue weighted by atomic mass is 32.2. The van der Waals surface area contributed by atoms with Crippen molar-refractivity contribution < 1.29 is 4.63 Å². The predicted molar refractivity (Wildman–Crippen MR) is 67.4 cm³/mol. The van der Waals surface area contributed by atoms with Gasteiger partial charge in [0.05, 0.1) is 6.54 Å². The second-order valence-electron chi connectivity index (χ2n) is 4.50. The lowest BCUT2D eigenvalue weighted by atomic mass is 10.4. The Bertz CT molecular complexity index is 535. The van der Waals surface area contributed by atoms with E-state index in [-0.39, 0.29) is 0 Å². The number of aryl methyl sites for hydroxylation is 1. The molecule has 2 aromatic heterocycles. The van der Waals surface area contributed by atoms with Crippen LogP contribution >= 0.6 is 11.8 Å². The summed E-state index contributed by atoms with van der Waals surface area (Å²) in [6.07, 6.45) is 2.57. The summed E-state index contributed by atoms with van der Waals surface area (Å²) in [7, 11) is 0. The zero-order valence-electron chi connectivity index (χ0n) is 10.6. The highest BCUT2D eigenvalue weighted by molar-refractivity contribution is 7.98. The van der Waals surface area contributed by atoms with Crippen molar-refractivity contribution in [1.29, 1.82) is 0 Å². The van der Waals surface area contributed by atoms with Crippen molar-refractivity contribution in [2.75, 3.05) is 6.54 Å². The number of tetrazole rings is 1. The van der Waals surface area contributed by atoms with Crippen LogP contribution in [0.3, 0.4) is 0 Å². The molecule has 1 aliphatic carbocycles. The topological polar surface area (TPSA) is 94.6 Å². The monoisotopic (exact) mass is 281 g/mol. The molecular weight excluding hydrogens is 266 g/mol.